The predicted molar refractivity (Wildman–Crippen MR) is 79.3 cm³/mol. The molecule has 0 spiro atoms. The predicted octanol–water partition coefficient (Wildman–Crippen LogP) is 2.42. The van der Waals surface area contributed by atoms with Crippen LogP contribution in [0.5, 0.6) is 0 Å². The lowest BCUT2D eigenvalue weighted by Crippen LogP contribution is -2.43. The van der Waals surface area contributed by atoms with Gasteiger partial charge in [0.2, 0.25) is 5.96 Å². The lowest BCUT2D eigenvalue weighted by atomic mass is 9.95. The second kappa shape index (κ2) is 5.09. The lowest BCUT2D eigenvalue weighted by molar-refractivity contribution is 0.278. The van der Waals surface area contributed by atoms with E-state index >= 15 is 0 Å². The molecule has 1 fully saturated rings. The summed E-state index contributed by atoms with van der Waals surface area (Å²) < 4.78 is 28.4. The molecule has 108 valence electrons. The highest BCUT2D eigenvalue weighted by Gasteiger charge is 2.29. The Kier molecular flexibility index (Phi) is 3.41. The molecule has 1 N–H and O–H groups in total. The molecule has 0 amide bonds. The molecule has 0 aromatic heterocycles. The van der Waals surface area contributed by atoms with Crippen LogP contribution >= 0.6 is 0 Å². The van der Waals surface area contributed by atoms with Gasteiger partial charge in [-0.15, -0.1) is 4.40 Å². The summed E-state index contributed by atoms with van der Waals surface area (Å²) in [4.78, 5) is 2.23. The van der Waals surface area contributed by atoms with Crippen LogP contribution in [0.3, 0.4) is 0 Å². The summed E-state index contributed by atoms with van der Waals surface area (Å²) in [5, 5.41) is 3.15. The van der Waals surface area contributed by atoms with E-state index in [1.54, 1.807) is 18.2 Å². The monoisotopic (exact) mass is 293 g/mol. The fourth-order valence-corrected chi connectivity index (χ4v) is 4.04. The van der Waals surface area contributed by atoms with Gasteiger partial charge in [0, 0.05) is 13.1 Å². The molecule has 0 bridgehead atoms. The summed E-state index contributed by atoms with van der Waals surface area (Å²) in [6, 6.07) is 7.26. The van der Waals surface area contributed by atoms with E-state index in [-0.39, 0.29) is 4.90 Å². The molecule has 20 heavy (non-hydrogen) atoms. The minimum Gasteiger partial charge on any atom is -0.342 e. The number of hydrogen-bond donors (Lipinski definition) is 1. The molecule has 6 heteroatoms. The van der Waals surface area contributed by atoms with Crippen molar-refractivity contribution in [3.63, 3.8) is 0 Å². The largest absolute Gasteiger partial charge is 0.342 e. The van der Waals surface area contributed by atoms with Gasteiger partial charge in [-0.25, -0.2) is 0 Å². The second-order valence-corrected chi connectivity index (χ2v) is 6.99. The van der Waals surface area contributed by atoms with E-state index in [2.05, 4.69) is 9.71 Å². The smallest absolute Gasteiger partial charge is 0.287 e. The number of sulfonamides is 1. The molecule has 0 atom stereocenters. The van der Waals surface area contributed by atoms with Gasteiger partial charge in [-0.05, 0) is 25.0 Å². The zero-order valence-electron chi connectivity index (χ0n) is 11.5. The third kappa shape index (κ3) is 2.40. The molecule has 0 radical (unpaired) electrons. The number of nitrogens with zero attached hydrogens (tertiary/aromatic N) is 2. The van der Waals surface area contributed by atoms with E-state index in [4.69, 9.17) is 0 Å². The van der Waals surface area contributed by atoms with Gasteiger partial charge < -0.3 is 10.2 Å². The molecular formula is C14H19N3O2S. The first-order valence-electron chi connectivity index (χ1n) is 7.02. The van der Waals surface area contributed by atoms with E-state index < -0.39 is 10.0 Å². The van der Waals surface area contributed by atoms with Gasteiger partial charge in [0.15, 0.2) is 0 Å². The number of fused-ring (bicyclic) bond motifs is 1. The van der Waals surface area contributed by atoms with Gasteiger partial charge in [0.1, 0.15) is 4.90 Å². The van der Waals surface area contributed by atoms with E-state index in [1.165, 1.54) is 19.3 Å². The molecule has 1 aromatic rings. The van der Waals surface area contributed by atoms with Gasteiger partial charge in [0.05, 0.1) is 5.69 Å². The minimum absolute atomic E-state index is 0.251. The van der Waals surface area contributed by atoms with E-state index in [0.29, 0.717) is 17.7 Å². The number of guanidine groups is 1. The summed E-state index contributed by atoms with van der Waals surface area (Å²) in [7, 11) is -1.67. The van der Waals surface area contributed by atoms with Crippen molar-refractivity contribution in [2.75, 3.05) is 12.4 Å². The van der Waals surface area contributed by atoms with Crippen LogP contribution in [-0.2, 0) is 10.0 Å². The van der Waals surface area contributed by atoms with E-state index in [0.717, 1.165) is 12.8 Å². The van der Waals surface area contributed by atoms with Gasteiger partial charge in [-0.3, -0.25) is 0 Å². The van der Waals surface area contributed by atoms with Crippen LogP contribution < -0.4 is 5.32 Å². The number of para-hydroxylation sites is 1. The minimum atomic E-state index is -3.59. The summed E-state index contributed by atoms with van der Waals surface area (Å²) in [5.41, 5.74) is 0.611. The van der Waals surface area contributed by atoms with Crippen LogP contribution in [0.2, 0.25) is 0 Å². The zero-order chi connectivity index (χ0) is 14.2. The topological polar surface area (TPSA) is 61.8 Å². The molecule has 1 saturated carbocycles. The molecule has 1 aliphatic heterocycles. The molecule has 0 saturated heterocycles. The van der Waals surface area contributed by atoms with Crippen molar-refractivity contribution in [2.45, 2.75) is 43.0 Å². The van der Waals surface area contributed by atoms with Gasteiger partial charge in [-0.1, -0.05) is 31.4 Å². The molecule has 5 nitrogen and oxygen atoms in total. The molecule has 1 aromatic carbocycles. The first-order chi connectivity index (χ1) is 9.58. The molecule has 3 rings (SSSR count). The molecule has 1 aliphatic carbocycles. The maximum absolute atomic E-state index is 12.2. The molecule has 1 heterocycles. The Labute approximate surface area is 119 Å². The maximum Gasteiger partial charge on any atom is 0.287 e. The second-order valence-electron chi connectivity index (χ2n) is 5.41. The van der Waals surface area contributed by atoms with Gasteiger partial charge >= 0.3 is 0 Å². The highest BCUT2D eigenvalue weighted by Crippen LogP contribution is 2.29. The third-order valence-electron chi connectivity index (χ3n) is 4.07. The van der Waals surface area contributed by atoms with Crippen LogP contribution in [-0.4, -0.2) is 32.4 Å². The van der Waals surface area contributed by atoms with Gasteiger partial charge in [-0.2, -0.15) is 8.42 Å². The quantitative estimate of drug-likeness (QED) is 0.864. The Morgan fingerprint density at radius 2 is 1.90 bits per heavy atom. The highest BCUT2D eigenvalue weighted by atomic mass is 32.2. The standard InChI is InChI=1S/C14H19N3O2S/c1-17(11-7-3-2-4-8-11)14-15-12-9-5-6-10-13(12)20(18,19)16-14/h5-6,9-11H,2-4,7-8H2,1H3,(H,15,16). The summed E-state index contributed by atoms with van der Waals surface area (Å²) >= 11 is 0. The fraction of sp³-hybridized carbons (Fsp3) is 0.500. The Balaban J connectivity index is 1.91. The number of hydrogen-bond acceptors (Lipinski definition) is 4. The van der Waals surface area contributed by atoms with Crippen LogP contribution in [0, 0.1) is 0 Å². The normalized spacial score (nSPS) is 21.6. The fourth-order valence-electron chi connectivity index (χ4n) is 2.89. The SMILES string of the molecule is CN(C1=NS(=O)(=O)c2ccccc2N1)C1CCCCC1. The summed E-state index contributed by atoms with van der Waals surface area (Å²) in [6.07, 6.45) is 5.86. The molecular weight excluding hydrogens is 274 g/mol. The Hall–Kier alpha value is -1.56. The van der Waals surface area contributed by atoms with Crippen LogP contribution in [0.25, 0.3) is 0 Å². The van der Waals surface area contributed by atoms with Crippen LogP contribution in [0.4, 0.5) is 5.69 Å². The number of benzene rings is 1. The molecule has 0 unspecified atom stereocenters. The third-order valence-corrected chi connectivity index (χ3v) is 5.40. The van der Waals surface area contributed by atoms with Crippen molar-refractivity contribution in [3.05, 3.63) is 24.3 Å². The van der Waals surface area contributed by atoms with E-state index in [1.807, 2.05) is 18.0 Å². The summed E-state index contributed by atoms with van der Waals surface area (Å²) in [5.74, 6) is 0.440. The number of anilines is 1. The summed E-state index contributed by atoms with van der Waals surface area (Å²) in [6.45, 7) is 0. The van der Waals surface area contributed by atoms with Crippen molar-refractivity contribution in [1.82, 2.24) is 4.90 Å². The average molecular weight is 293 g/mol. The van der Waals surface area contributed by atoms with Crippen molar-refractivity contribution < 1.29 is 8.42 Å². The number of nitrogens with one attached hydrogen (secondary N) is 1. The first-order valence-corrected chi connectivity index (χ1v) is 8.46. The Morgan fingerprint density at radius 3 is 2.65 bits per heavy atom. The Morgan fingerprint density at radius 1 is 1.20 bits per heavy atom. The molecule has 2 aliphatic rings. The zero-order valence-corrected chi connectivity index (χ0v) is 12.4. The lowest BCUT2D eigenvalue weighted by Gasteiger charge is -2.34. The number of rotatable bonds is 1. The van der Waals surface area contributed by atoms with E-state index in [9.17, 15) is 8.42 Å². The maximum atomic E-state index is 12.2. The van der Waals surface area contributed by atoms with Crippen LogP contribution in [0.1, 0.15) is 32.1 Å². The van der Waals surface area contributed by atoms with Crippen LogP contribution in [0.15, 0.2) is 33.6 Å². The first kappa shape index (κ1) is 13.4. The highest BCUT2D eigenvalue weighted by molar-refractivity contribution is 7.90. The van der Waals surface area contributed by atoms with Crippen molar-refractivity contribution >= 4 is 21.7 Å². The van der Waals surface area contributed by atoms with Crippen molar-refractivity contribution in [2.24, 2.45) is 4.40 Å². The Bertz CT molecular complexity index is 634. The van der Waals surface area contributed by atoms with Crippen molar-refractivity contribution in [3.8, 4) is 0 Å². The average Bonchev–Trinajstić information content (AvgIpc) is 2.47. The van der Waals surface area contributed by atoms with Crippen molar-refractivity contribution in [1.29, 1.82) is 0 Å². The van der Waals surface area contributed by atoms with Gasteiger partial charge in [0.25, 0.3) is 10.0 Å².